The monoisotopic (exact) mass is 444 g/mol. The van der Waals surface area contributed by atoms with Gasteiger partial charge in [-0.3, -0.25) is 10.6 Å². The van der Waals surface area contributed by atoms with Crippen LogP contribution in [0, 0.1) is 13.8 Å². The highest BCUT2D eigenvalue weighted by atomic mass is 32.1. The van der Waals surface area contributed by atoms with E-state index in [1.54, 1.807) is 0 Å². The van der Waals surface area contributed by atoms with Crippen molar-refractivity contribution in [2.24, 2.45) is 0 Å². The molecule has 0 atom stereocenters. The van der Waals surface area contributed by atoms with Crippen molar-refractivity contribution in [1.29, 1.82) is 0 Å². The van der Waals surface area contributed by atoms with Crippen molar-refractivity contribution < 1.29 is 19.1 Å². The molecule has 10 heteroatoms. The maximum atomic E-state index is 11.0. The molecule has 0 unspecified atom stereocenters. The summed E-state index contributed by atoms with van der Waals surface area (Å²) in [6.07, 6.45) is -0.989. The van der Waals surface area contributed by atoms with Gasteiger partial charge in [0.2, 0.25) is 0 Å². The fraction of sp³-hybridized carbons (Fsp3) is 0.200. The number of anilines is 2. The molecule has 2 aromatic carbocycles. The van der Waals surface area contributed by atoms with Crippen LogP contribution in [0.5, 0.6) is 0 Å². The standard InChI is InChI=1S/2C10H10N2O2S/c1-6-3-4-8-7(5-6)11-9(15-8)12-10(13)14-2;1-6-3-4-7-8(5-6)15-9(11-7)12-10(13)14-2/h2*3-5H,1-2H3,(H,11,12,13). The number of carbonyl (C=O) groups is 2. The average molecular weight is 445 g/mol. The summed E-state index contributed by atoms with van der Waals surface area (Å²) in [6.45, 7) is 4.03. The first-order valence-corrected chi connectivity index (χ1v) is 10.5. The van der Waals surface area contributed by atoms with E-state index in [0.717, 1.165) is 26.0 Å². The number of fused-ring (bicyclic) bond motifs is 2. The minimum absolute atomic E-state index is 0.495. The number of benzene rings is 2. The Morgan fingerprint density at radius 2 is 1.30 bits per heavy atom. The lowest BCUT2D eigenvalue weighted by molar-refractivity contribution is 0.186. The zero-order chi connectivity index (χ0) is 21.7. The van der Waals surface area contributed by atoms with E-state index in [2.05, 4.69) is 30.1 Å². The maximum absolute atomic E-state index is 11.0. The Hall–Kier alpha value is -3.24. The van der Waals surface area contributed by atoms with Crippen LogP contribution in [-0.2, 0) is 9.47 Å². The second-order valence-corrected chi connectivity index (χ2v) is 8.27. The molecule has 2 heterocycles. The number of methoxy groups -OCH3 is 2. The van der Waals surface area contributed by atoms with Gasteiger partial charge >= 0.3 is 12.2 Å². The van der Waals surface area contributed by atoms with Gasteiger partial charge in [-0.25, -0.2) is 19.6 Å². The van der Waals surface area contributed by atoms with Crippen molar-refractivity contribution in [1.82, 2.24) is 9.97 Å². The first kappa shape index (κ1) is 21.5. The molecule has 0 fully saturated rings. The SMILES string of the molecule is COC(=O)Nc1nc2cc(C)ccc2s1.COC(=O)Nc1nc2ccc(C)cc2s1. The third-order valence-electron chi connectivity index (χ3n) is 3.88. The number of thiazole rings is 2. The van der Waals surface area contributed by atoms with E-state index in [0.29, 0.717) is 10.3 Å². The second kappa shape index (κ2) is 9.51. The molecular weight excluding hydrogens is 424 g/mol. The predicted molar refractivity (Wildman–Crippen MR) is 121 cm³/mol. The zero-order valence-corrected chi connectivity index (χ0v) is 18.4. The molecule has 8 nitrogen and oxygen atoms in total. The van der Waals surface area contributed by atoms with Crippen LogP contribution in [0.4, 0.5) is 19.9 Å². The number of hydrogen-bond acceptors (Lipinski definition) is 8. The van der Waals surface area contributed by atoms with E-state index < -0.39 is 12.2 Å². The van der Waals surface area contributed by atoms with Gasteiger partial charge in [-0.1, -0.05) is 34.8 Å². The number of aromatic nitrogens is 2. The highest BCUT2D eigenvalue weighted by Gasteiger charge is 2.08. The van der Waals surface area contributed by atoms with Gasteiger partial charge in [-0.05, 0) is 49.2 Å². The summed E-state index contributed by atoms with van der Waals surface area (Å²) in [6, 6.07) is 11.9. The average Bonchev–Trinajstić information content (AvgIpc) is 3.29. The third-order valence-corrected chi connectivity index (χ3v) is 5.76. The first-order valence-electron chi connectivity index (χ1n) is 8.82. The molecular formula is C20H20N4O4S2. The van der Waals surface area contributed by atoms with Crippen LogP contribution in [-0.4, -0.2) is 36.4 Å². The van der Waals surface area contributed by atoms with Gasteiger partial charge in [-0.15, -0.1) is 0 Å². The van der Waals surface area contributed by atoms with E-state index in [9.17, 15) is 9.59 Å². The van der Waals surface area contributed by atoms with Crippen molar-refractivity contribution in [2.45, 2.75) is 13.8 Å². The number of amides is 2. The van der Waals surface area contributed by atoms with Crippen molar-refractivity contribution in [3.8, 4) is 0 Å². The zero-order valence-electron chi connectivity index (χ0n) is 16.8. The molecule has 0 spiro atoms. The Kier molecular flexibility index (Phi) is 6.80. The van der Waals surface area contributed by atoms with Crippen molar-refractivity contribution in [2.75, 3.05) is 24.9 Å². The van der Waals surface area contributed by atoms with Gasteiger partial charge in [0.05, 0.1) is 34.7 Å². The summed E-state index contributed by atoms with van der Waals surface area (Å²) < 4.78 is 11.1. The van der Waals surface area contributed by atoms with Crippen LogP contribution in [0.2, 0.25) is 0 Å². The Morgan fingerprint density at radius 1 is 0.767 bits per heavy atom. The Labute approximate surface area is 180 Å². The molecule has 0 saturated heterocycles. The van der Waals surface area contributed by atoms with E-state index in [-0.39, 0.29) is 0 Å². The van der Waals surface area contributed by atoms with Crippen LogP contribution in [0.25, 0.3) is 20.4 Å². The van der Waals surface area contributed by atoms with Gasteiger partial charge < -0.3 is 9.47 Å². The Bertz CT molecular complexity index is 1110. The number of hydrogen-bond donors (Lipinski definition) is 2. The number of aryl methyl sites for hydroxylation is 2. The fourth-order valence-corrected chi connectivity index (χ4v) is 4.23. The normalized spacial score (nSPS) is 10.3. The lowest BCUT2D eigenvalue weighted by Gasteiger charge is -1.96. The number of nitrogens with one attached hydrogen (secondary N) is 2. The van der Waals surface area contributed by atoms with E-state index in [1.807, 2.05) is 50.2 Å². The lowest BCUT2D eigenvalue weighted by Crippen LogP contribution is -2.10. The van der Waals surface area contributed by atoms with E-state index in [4.69, 9.17) is 0 Å². The molecule has 4 rings (SSSR count). The van der Waals surface area contributed by atoms with Crippen LogP contribution >= 0.6 is 22.7 Å². The van der Waals surface area contributed by atoms with Gasteiger partial charge in [0.1, 0.15) is 0 Å². The van der Waals surface area contributed by atoms with Crippen LogP contribution in [0.15, 0.2) is 36.4 Å². The maximum Gasteiger partial charge on any atom is 0.413 e. The topological polar surface area (TPSA) is 102 Å². The Morgan fingerprint density at radius 3 is 1.93 bits per heavy atom. The largest absolute Gasteiger partial charge is 0.453 e. The third kappa shape index (κ3) is 5.43. The number of carbonyl (C=O) groups excluding carboxylic acids is 2. The van der Waals surface area contributed by atoms with Crippen LogP contribution < -0.4 is 10.6 Å². The summed E-state index contributed by atoms with van der Waals surface area (Å²) in [5.41, 5.74) is 4.11. The smallest absolute Gasteiger partial charge is 0.413 e. The Balaban J connectivity index is 0.000000171. The van der Waals surface area contributed by atoms with Gasteiger partial charge in [0.25, 0.3) is 0 Å². The molecule has 4 aromatic rings. The minimum atomic E-state index is -0.495. The highest BCUT2D eigenvalue weighted by molar-refractivity contribution is 7.22. The first-order chi connectivity index (χ1) is 14.4. The van der Waals surface area contributed by atoms with Gasteiger partial charge in [0, 0.05) is 0 Å². The van der Waals surface area contributed by atoms with Crippen molar-refractivity contribution in [3.05, 3.63) is 47.5 Å². The van der Waals surface area contributed by atoms with Crippen molar-refractivity contribution >= 4 is 65.6 Å². The molecule has 156 valence electrons. The molecule has 0 saturated carbocycles. The fourth-order valence-electron chi connectivity index (χ4n) is 2.45. The number of nitrogens with zero attached hydrogens (tertiary/aromatic N) is 2. The number of rotatable bonds is 2. The van der Waals surface area contributed by atoms with E-state index in [1.165, 1.54) is 42.5 Å². The molecule has 2 amide bonds. The summed E-state index contributed by atoms with van der Waals surface area (Å²) in [5, 5.41) is 6.21. The van der Waals surface area contributed by atoms with Gasteiger partial charge in [-0.2, -0.15) is 0 Å². The van der Waals surface area contributed by atoms with Crippen LogP contribution in [0.3, 0.4) is 0 Å². The molecule has 2 N–H and O–H groups in total. The number of ether oxygens (including phenoxy) is 2. The molecule has 0 aliphatic rings. The minimum Gasteiger partial charge on any atom is -0.453 e. The predicted octanol–water partition coefficient (Wildman–Crippen LogP) is 5.57. The molecule has 0 aliphatic carbocycles. The van der Waals surface area contributed by atoms with Crippen molar-refractivity contribution in [3.63, 3.8) is 0 Å². The molecule has 0 radical (unpaired) electrons. The lowest BCUT2D eigenvalue weighted by atomic mass is 10.2. The van der Waals surface area contributed by atoms with Gasteiger partial charge in [0.15, 0.2) is 10.3 Å². The molecule has 0 bridgehead atoms. The molecule has 2 aromatic heterocycles. The van der Waals surface area contributed by atoms with Crippen LogP contribution in [0.1, 0.15) is 11.1 Å². The summed E-state index contributed by atoms with van der Waals surface area (Å²) >= 11 is 2.86. The summed E-state index contributed by atoms with van der Waals surface area (Å²) in [5.74, 6) is 0. The molecule has 30 heavy (non-hydrogen) atoms. The molecule has 0 aliphatic heterocycles. The summed E-state index contributed by atoms with van der Waals surface area (Å²) in [7, 11) is 2.65. The second-order valence-electron chi connectivity index (χ2n) is 6.21. The highest BCUT2D eigenvalue weighted by Crippen LogP contribution is 2.27. The quantitative estimate of drug-likeness (QED) is 0.419. The summed E-state index contributed by atoms with van der Waals surface area (Å²) in [4.78, 5) is 30.4. The van der Waals surface area contributed by atoms with E-state index >= 15 is 0 Å².